The van der Waals surface area contributed by atoms with Crippen LogP contribution < -0.4 is 0 Å². The van der Waals surface area contributed by atoms with Gasteiger partial charge in [-0.3, -0.25) is 14.5 Å². The molecule has 1 saturated carbocycles. The zero-order valence-electron chi connectivity index (χ0n) is 13.9. The van der Waals surface area contributed by atoms with E-state index < -0.39 is 0 Å². The highest BCUT2D eigenvalue weighted by molar-refractivity contribution is 5.78. The van der Waals surface area contributed by atoms with Crippen LogP contribution in [0.5, 0.6) is 0 Å². The smallest absolute Gasteiger partial charge is 0.309 e. The molecule has 1 aliphatic rings. The molecule has 1 fully saturated rings. The average molecular weight is 298 g/mol. The Hall–Kier alpha value is -1.10. The van der Waals surface area contributed by atoms with Crippen LogP contribution in [0.15, 0.2) is 0 Å². The number of esters is 1. The Bertz CT molecular complexity index is 340. The maximum absolute atomic E-state index is 12.5. The first-order chi connectivity index (χ1) is 9.99. The van der Waals surface area contributed by atoms with Crippen molar-refractivity contribution < 1.29 is 14.3 Å². The highest BCUT2D eigenvalue weighted by Gasteiger charge is 2.25. The number of hydrogen-bond acceptors (Lipinski definition) is 4. The monoisotopic (exact) mass is 298 g/mol. The minimum Gasteiger partial charge on any atom is -0.469 e. The molecule has 1 atom stereocenters. The van der Waals surface area contributed by atoms with Gasteiger partial charge in [0.25, 0.3) is 0 Å². The molecule has 1 aliphatic carbocycles. The quantitative estimate of drug-likeness (QED) is 0.674. The van der Waals surface area contributed by atoms with Crippen LogP contribution in [0.2, 0.25) is 0 Å². The highest BCUT2D eigenvalue weighted by atomic mass is 16.5. The number of likely N-dealkylation sites (N-methyl/N-ethyl adjacent to an activating group) is 2. The zero-order chi connectivity index (χ0) is 15.8. The van der Waals surface area contributed by atoms with Crippen LogP contribution in [0, 0.1) is 5.92 Å². The van der Waals surface area contributed by atoms with Crippen LogP contribution in [-0.2, 0) is 14.3 Å². The summed E-state index contributed by atoms with van der Waals surface area (Å²) in [6.45, 7) is 5.55. The molecule has 122 valence electrons. The lowest BCUT2D eigenvalue weighted by molar-refractivity contribution is -0.146. The molecule has 0 saturated heterocycles. The number of amides is 1. The Balaban J connectivity index is 2.47. The van der Waals surface area contributed by atoms with Crippen molar-refractivity contribution in [2.45, 2.75) is 52.0 Å². The van der Waals surface area contributed by atoms with Gasteiger partial charge >= 0.3 is 5.97 Å². The lowest BCUT2D eigenvalue weighted by atomic mass is 9.94. The van der Waals surface area contributed by atoms with Crippen molar-refractivity contribution in [2.75, 3.05) is 33.8 Å². The summed E-state index contributed by atoms with van der Waals surface area (Å²) in [7, 11) is 3.28. The van der Waals surface area contributed by atoms with Crippen LogP contribution in [0.3, 0.4) is 0 Å². The Kier molecular flexibility index (Phi) is 7.72. The first-order valence-electron chi connectivity index (χ1n) is 8.05. The predicted octanol–water partition coefficient (Wildman–Crippen LogP) is 1.91. The number of carbonyl (C=O) groups is 2. The van der Waals surface area contributed by atoms with Gasteiger partial charge in [0.15, 0.2) is 0 Å². The molecule has 1 amide bonds. The summed E-state index contributed by atoms with van der Waals surface area (Å²) < 4.78 is 4.72. The molecule has 0 aromatic heterocycles. The topological polar surface area (TPSA) is 49.9 Å². The summed E-state index contributed by atoms with van der Waals surface area (Å²) in [5, 5.41) is 0. The van der Waals surface area contributed by atoms with Gasteiger partial charge < -0.3 is 9.64 Å². The molecule has 0 bridgehead atoms. The minimum atomic E-state index is -0.228. The normalized spacial score (nSPS) is 17.6. The summed E-state index contributed by atoms with van der Waals surface area (Å²) in [5.74, 6) is -0.268. The van der Waals surface area contributed by atoms with Crippen molar-refractivity contribution in [3.05, 3.63) is 0 Å². The Labute approximate surface area is 128 Å². The van der Waals surface area contributed by atoms with Gasteiger partial charge in [0.05, 0.1) is 19.6 Å². The molecule has 0 aromatic carbocycles. The molecule has 0 N–H and O–H groups in total. The van der Waals surface area contributed by atoms with Gasteiger partial charge in [-0.25, -0.2) is 0 Å². The van der Waals surface area contributed by atoms with Crippen LogP contribution in [0.1, 0.15) is 46.0 Å². The number of nitrogens with zero attached hydrogens (tertiary/aromatic N) is 2. The Morgan fingerprint density at radius 3 is 2.38 bits per heavy atom. The Morgan fingerprint density at radius 1 is 1.24 bits per heavy atom. The molecule has 0 aliphatic heterocycles. The summed E-state index contributed by atoms with van der Waals surface area (Å²) in [4.78, 5) is 27.8. The molecule has 0 heterocycles. The molecule has 1 unspecified atom stereocenters. The lowest BCUT2D eigenvalue weighted by Gasteiger charge is -2.34. The van der Waals surface area contributed by atoms with Crippen molar-refractivity contribution in [3.63, 3.8) is 0 Å². The fourth-order valence-electron chi connectivity index (χ4n) is 3.16. The SMILES string of the molecule is CCN(C(=O)CN(C)CC(C)C(=O)OC)C1CCCCC1. The first kappa shape index (κ1) is 18.0. The van der Waals surface area contributed by atoms with Gasteiger partial charge in [0.1, 0.15) is 0 Å². The second-order valence-corrected chi connectivity index (χ2v) is 6.09. The number of rotatable bonds is 7. The summed E-state index contributed by atoms with van der Waals surface area (Å²) >= 11 is 0. The van der Waals surface area contributed by atoms with Crippen molar-refractivity contribution in [1.82, 2.24) is 9.80 Å². The van der Waals surface area contributed by atoms with E-state index in [1.807, 2.05) is 30.7 Å². The van der Waals surface area contributed by atoms with Gasteiger partial charge in [0.2, 0.25) is 5.91 Å². The molecule has 5 nitrogen and oxygen atoms in total. The second kappa shape index (κ2) is 9.03. The van der Waals surface area contributed by atoms with Crippen LogP contribution >= 0.6 is 0 Å². The van der Waals surface area contributed by atoms with E-state index in [0.29, 0.717) is 19.1 Å². The van der Waals surface area contributed by atoms with E-state index in [9.17, 15) is 9.59 Å². The molecule has 0 radical (unpaired) electrons. The zero-order valence-corrected chi connectivity index (χ0v) is 13.9. The predicted molar refractivity (Wildman–Crippen MR) is 82.9 cm³/mol. The van der Waals surface area contributed by atoms with Crippen LogP contribution in [-0.4, -0.2) is 61.5 Å². The van der Waals surface area contributed by atoms with Gasteiger partial charge in [-0.15, -0.1) is 0 Å². The van der Waals surface area contributed by atoms with Gasteiger partial charge in [0, 0.05) is 19.1 Å². The third-order valence-electron chi connectivity index (χ3n) is 4.27. The molecule has 1 rings (SSSR count). The third kappa shape index (κ3) is 5.65. The van der Waals surface area contributed by atoms with Crippen LogP contribution in [0.25, 0.3) is 0 Å². The number of methoxy groups -OCH3 is 1. The van der Waals surface area contributed by atoms with E-state index in [1.165, 1.54) is 26.4 Å². The van der Waals surface area contributed by atoms with Gasteiger partial charge in [-0.05, 0) is 26.8 Å². The average Bonchev–Trinajstić information content (AvgIpc) is 2.47. The largest absolute Gasteiger partial charge is 0.469 e. The number of ether oxygens (including phenoxy) is 1. The van der Waals surface area contributed by atoms with Crippen LogP contribution in [0.4, 0.5) is 0 Å². The lowest BCUT2D eigenvalue weighted by Crippen LogP contribution is -2.46. The molecular formula is C16H30N2O3. The first-order valence-corrected chi connectivity index (χ1v) is 8.05. The van der Waals surface area contributed by atoms with E-state index >= 15 is 0 Å². The third-order valence-corrected chi connectivity index (χ3v) is 4.27. The van der Waals surface area contributed by atoms with E-state index in [2.05, 4.69) is 0 Å². The maximum atomic E-state index is 12.5. The summed E-state index contributed by atoms with van der Waals surface area (Å²) in [6.07, 6.45) is 6.00. The Morgan fingerprint density at radius 2 is 1.86 bits per heavy atom. The standard InChI is InChI=1S/C16H30N2O3/c1-5-18(14-9-7-6-8-10-14)15(19)12-17(3)11-13(2)16(20)21-4/h13-14H,5-12H2,1-4H3. The van der Waals surface area contributed by atoms with E-state index in [-0.39, 0.29) is 17.8 Å². The fraction of sp³-hybridized carbons (Fsp3) is 0.875. The molecule has 0 aromatic rings. The summed E-state index contributed by atoms with van der Waals surface area (Å²) in [6, 6.07) is 0.405. The van der Waals surface area contributed by atoms with E-state index in [0.717, 1.165) is 19.4 Å². The fourth-order valence-corrected chi connectivity index (χ4v) is 3.16. The molecule has 0 spiro atoms. The second-order valence-electron chi connectivity index (χ2n) is 6.09. The van der Waals surface area contributed by atoms with E-state index in [1.54, 1.807) is 0 Å². The van der Waals surface area contributed by atoms with Crippen molar-refractivity contribution in [1.29, 1.82) is 0 Å². The van der Waals surface area contributed by atoms with Crippen molar-refractivity contribution in [3.8, 4) is 0 Å². The molecule has 5 heteroatoms. The maximum Gasteiger partial charge on any atom is 0.309 e. The summed E-state index contributed by atoms with van der Waals surface area (Å²) in [5.41, 5.74) is 0. The van der Waals surface area contributed by atoms with Crippen molar-refractivity contribution in [2.24, 2.45) is 5.92 Å². The number of carbonyl (C=O) groups excluding carboxylic acids is 2. The highest BCUT2D eigenvalue weighted by Crippen LogP contribution is 2.22. The van der Waals surface area contributed by atoms with Gasteiger partial charge in [-0.1, -0.05) is 26.2 Å². The van der Waals surface area contributed by atoms with E-state index in [4.69, 9.17) is 4.74 Å². The molecular weight excluding hydrogens is 268 g/mol. The minimum absolute atomic E-state index is 0.170. The van der Waals surface area contributed by atoms with Gasteiger partial charge in [-0.2, -0.15) is 0 Å². The molecule has 21 heavy (non-hydrogen) atoms. The van der Waals surface area contributed by atoms with Crippen molar-refractivity contribution >= 4 is 11.9 Å². The number of hydrogen-bond donors (Lipinski definition) is 0.